The molecule has 0 unspecified atom stereocenters. The highest BCUT2D eigenvalue weighted by molar-refractivity contribution is 7.15. The fourth-order valence-electron chi connectivity index (χ4n) is 3.66. The maximum absolute atomic E-state index is 13.0. The van der Waals surface area contributed by atoms with Crippen molar-refractivity contribution < 1.29 is 4.39 Å². The summed E-state index contributed by atoms with van der Waals surface area (Å²) < 4.78 is 13.4. The average Bonchev–Trinajstić information content (AvgIpc) is 3.00. The number of unbranched alkanes of at least 4 members (excludes halogenated alkanes) is 1. The Bertz CT molecular complexity index is 686. The van der Waals surface area contributed by atoms with Crippen molar-refractivity contribution in [1.29, 1.82) is 0 Å². The topological polar surface area (TPSA) is 54.2 Å². The van der Waals surface area contributed by atoms with Crippen molar-refractivity contribution >= 4 is 28.8 Å². The predicted molar refractivity (Wildman–Crippen MR) is 108 cm³/mol. The molecular weight excluding hydrogens is 371 g/mol. The lowest BCUT2D eigenvalue weighted by atomic mass is 9.73. The van der Waals surface area contributed by atoms with Gasteiger partial charge >= 0.3 is 0 Å². The second-order valence-electron chi connectivity index (χ2n) is 6.92. The van der Waals surface area contributed by atoms with Crippen LogP contribution >= 0.6 is 22.9 Å². The molecule has 0 radical (unpaired) electrons. The number of nitrogens with zero attached hydrogens (tertiary/aromatic N) is 2. The van der Waals surface area contributed by atoms with Gasteiger partial charge in [0.1, 0.15) is 4.34 Å². The second-order valence-corrected chi connectivity index (χ2v) is 8.47. The standard InChI is InChI=1S/C19H26ClFN4S/c20-16-17(24-18(21)26-16)23-10-4-5-11-25-12-8-19(14-22,9-13-25)15-6-2-1-3-7-15/h1-3,6-7,23H,4-5,8-14,22H2. The van der Waals surface area contributed by atoms with Crippen LogP contribution in [0.3, 0.4) is 0 Å². The van der Waals surface area contributed by atoms with Crippen molar-refractivity contribution in [1.82, 2.24) is 9.88 Å². The molecule has 1 aromatic carbocycles. The van der Waals surface area contributed by atoms with E-state index in [1.165, 1.54) is 5.56 Å². The number of nitrogens with two attached hydrogens (primary N) is 1. The van der Waals surface area contributed by atoms with E-state index in [2.05, 4.69) is 45.5 Å². The van der Waals surface area contributed by atoms with Gasteiger partial charge in [0.25, 0.3) is 5.26 Å². The normalized spacial score (nSPS) is 17.3. The lowest BCUT2D eigenvalue weighted by molar-refractivity contribution is 0.160. The van der Waals surface area contributed by atoms with E-state index in [1.54, 1.807) is 0 Å². The zero-order chi connectivity index (χ0) is 18.4. The Balaban J connectivity index is 1.38. The number of halogens is 2. The van der Waals surface area contributed by atoms with Crippen LogP contribution in [0.4, 0.5) is 10.2 Å². The van der Waals surface area contributed by atoms with Gasteiger partial charge in [-0.25, -0.2) is 0 Å². The van der Waals surface area contributed by atoms with E-state index in [0.717, 1.165) is 63.2 Å². The smallest absolute Gasteiger partial charge is 0.272 e. The molecule has 1 fully saturated rings. The van der Waals surface area contributed by atoms with Crippen LogP contribution in [0, 0.1) is 5.26 Å². The van der Waals surface area contributed by atoms with Gasteiger partial charge in [-0.15, -0.1) is 0 Å². The molecule has 7 heteroatoms. The third-order valence-electron chi connectivity index (χ3n) is 5.34. The highest BCUT2D eigenvalue weighted by Crippen LogP contribution is 2.34. The molecule has 1 aliphatic rings. The first-order valence-corrected chi connectivity index (χ1v) is 10.4. The van der Waals surface area contributed by atoms with Crippen molar-refractivity contribution in [3.8, 4) is 0 Å². The summed E-state index contributed by atoms with van der Waals surface area (Å²) in [6.07, 6.45) is 4.32. The van der Waals surface area contributed by atoms with Crippen LogP contribution in [-0.4, -0.2) is 42.6 Å². The molecule has 2 heterocycles. The number of anilines is 1. The fourth-order valence-corrected chi connectivity index (χ4v) is 4.46. The van der Waals surface area contributed by atoms with Gasteiger partial charge < -0.3 is 16.0 Å². The van der Waals surface area contributed by atoms with Crippen LogP contribution in [0.5, 0.6) is 0 Å². The first-order chi connectivity index (χ1) is 12.6. The zero-order valence-electron chi connectivity index (χ0n) is 14.9. The van der Waals surface area contributed by atoms with Gasteiger partial charge in [0.05, 0.1) is 0 Å². The molecule has 0 aliphatic carbocycles. The van der Waals surface area contributed by atoms with E-state index in [4.69, 9.17) is 17.3 Å². The second kappa shape index (κ2) is 9.13. The van der Waals surface area contributed by atoms with Gasteiger partial charge in [-0.3, -0.25) is 0 Å². The number of likely N-dealkylation sites (tertiary alicyclic amines) is 1. The molecule has 1 aliphatic heterocycles. The summed E-state index contributed by atoms with van der Waals surface area (Å²) in [6, 6.07) is 10.7. The molecule has 0 spiro atoms. The zero-order valence-corrected chi connectivity index (χ0v) is 16.5. The van der Waals surface area contributed by atoms with Crippen molar-refractivity contribution in [3.63, 3.8) is 0 Å². The molecule has 3 rings (SSSR count). The van der Waals surface area contributed by atoms with E-state index in [0.29, 0.717) is 16.7 Å². The molecule has 0 bridgehead atoms. The van der Waals surface area contributed by atoms with Crippen LogP contribution in [0.1, 0.15) is 31.2 Å². The Hall–Kier alpha value is -1.21. The Labute approximate surface area is 163 Å². The molecule has 4 nitrogen and oxygen atoms in total. The van der Waals surface area contributed by atoms with Crippen molar-refractivity contribution in [2.45, 2.75) is 31.1 Å². The van der Waals surface area contributed by atoms with E-state index < -0.39 is 5.26 Å². The summed E-state index contributed by atoms with van der Waals surface area (Å²) >= 11 is 6.77. The number of hydrogen-bond acceptors (Lipinski definition) is 5. The monoisotopic (exact) mass is 396 g/mol. The van der Waals surface area contributed by atoms with Gasteiger partial charge in [0.2, 0.25) is 0 Å². The number of thiazole rings is 1. The summed E-state index contributed by atoms with van der Waals surface area (Å²) in [5.74, 6) is 0.461. The van der Waals surface area contributed by atoms with Gasteiger partial charge in [-0.1, -0.05) is 53.3 Å². The lowest BCUT2D eigenvalue weighted by Crippen LogP contribution is -2.46. The third-order valence-corrected chi connectivity index (χ3v) is 6.39. The highest BCUT2D eigenvalue weighted by atomic mass is 35.5. The third kappa shape index (κ3) is 4.74. The van der Waals surface area contributed by atoms with Crippen LogP contribution in [0.25, 0.3) is 0 Å². The van der Waals surface area contributed by atoms with Crippen LogP contribution in [0.2, 0.25) is 4.34 Å². The summed E-state index contributed by atoms with van der Waals surface area (Å²) in [5.41, 5.74) is 7.66. The number of benzene rings is 1. The van der Waals surface area contributed by atoms with Gasteiger partial charge in [0.15, 0.2) is 5.82 Å². The molecule has 3 N–H and O–H groups in total. The van der Waals surface area contributed by atoms with Gasteiger partial charge in [0, 0.05) is 18.5 Å². The maximum Gasteiger partial charge on any atom is 0.272 e. The highest BCUT2D eigenvalue weighted by Gasteiger charge is 2.34. The number of aromatic nitrogens is 1. The molecule has 1 saturated heterocycles. The first kappa shape index (κ1) is 19.5. The van der Waals surface area contributed by atoms with Crippen LogP contribution in [-0.2, 0) is 5.41 Å². The minimum Gasteiger partial charge on any atom is -0.368 e. The maximum atomic E-state index is 13.0. The summed E-state index contributed by atoms with van der Waals surface area (Å²) in [7, 11) is 0. The molecule has 0 atom stereocenters. The first-order valence-electron chi connectivity index (χ1n) is 9.17. The number of nitrogens with one attached hydrogen (secondary N) is 1. The van der Waals surface area contributed by atoms with E-state index >= 15 is 0 Å². The van der Waals surface area contributed by atoms with Crippen molar-refractivity contribution in [2.75, 3.05) is 38.0 Å². The minimum absolute atomic E-state index is 0.130. The number of piperidine rings is 1. The number of rotatable bonds is 8. The predicted octanol–water partition coefficient (Wildman–Crippen LogP) is 4.12. The molecule has 0 amide bonds. The summed E-state index contributed by atoms with van der Waals surface area (Å²) in [5, 5.41) is 2.61. The molecule has 2 aromatic rings. The van der Waals surface area contributed by atoms with E-state index in [-0.39, 0.29) is 5.41 Å². The Morgan fingerprint density at radius 2 is 1.96 bits per heavy atom. The Morgan fingerprint density at radius 1 is 1.23 bits per heavy atom. The molecule has 0 saturated carbocycles. The average molecular weight is 397 g/mol. The largest absolute Gasteiger partial charge is 0.368 e. The summed E-state index contributed by atoms with van der Waals surface area (Å²) in [4.78, 5) is 6.26. The molecular formula is C19H26ClFN4S. The lowest BCUT2D eigenvalue weighted by Gasteiger charge is -2.41. The number of hydrogen-bond donors (Lipinski definition) is 2. The van der Waals surface area contributed by atoms with Crippen molar-refractivity contribution in [2.24, 2.45) is 5.73 Å². The van der Waals surface area contributed by atoms with E-state index in [1.807, 2.05) is 0 Å². The minimum atomic E-state index is -0.493. The van der Waals surface area contributed by atoms with Crippen LogP contribution in [0.15, 0.2) is 30.3 Å². The Kier molecular flexibility index (Phi) is 6.86. The van der Waals surface area contributed by atoms with Gasteiger partial charge in [-0.05, 0) is 50.9 Å². The molecule has 26 heavy (non-hydrogen) atoms. The SMILES string of the molecule is NCC1(c2ccccc2)CCN(CCCCNc2nc(F)sc2Cl)CC1. The fraction of sp³-hybridized carbons (Fsp3) is 0.526. The summed E-state index contributed by atoms with van der Waals surface area (Å²) in [6.45, 7) is 4.72. The van der Waals surface area contributed by atoms with Gasteiger partial charge in [-0.2, -0.15) is 9.37 Å². The Morgan fingerprint density at radius 3 is 2.58 bits per heavy atom. The quantitative estimate of drug-likeness (QED) is 0.659. The van der Waals surface area contributed by atoms with E-state index in [9.17, 15) is 4.39 Å². The molecule has 1 aromatic heterocycles. The molecule has 142 valence electrons. The van der Waals surface area contributed by atoms with Crippen LogP contribution < -0.4 is 11.1 Å². The van der Waals surface area contributed by atoms with Crippen molar-refractivity contribution in [3.05, 3.63) is 45.5 Å².